The number of carbonyl (C=O) groups excluding carboxylic acids is 1. The van der Waals surface area contributed by atoms with Crippen molar-refractivity contribution in [1.82, 2.24) is 9.55 Å². The van der Waals surface area contributed by atoms with Gasteiger partial charge in [0.15, 0.2) is 0 Å². The lowest BCUT2D eigenvalue weighted by atomic mass is 10.3. The zero-order valence-corrected chi connectivity index (χ0v) is 11.7. The van der Waals surface area contributed by atoms with Gasteiger partial charge in [-0.3, -0.25) is 4.79 Å². The van der Waals surface area contributed by atoms with Crippen LogP contribution in [0.4, 0.5) is 11.6 Å². The Labute approximate surface area is 120 Å². The van der Waals surface area contributed by atoms with Crippen LogP contribution in [0, 0.1) is 0 Å². The minimum atomic E-state index is -0.0469. The molecule has 98 valence electrons. The van der Waals surface area contributed by atoms with Crippen LogP contribution in [0.15, 0.2) is 24.4 Å². The average Bonchev–Trinajstić information content (AvgIpc) is 2.87. The Bertz CT molecular complexity index is 666. The molecule has 1 amide bonds. The molecule has 1 aromatic heterocycles. The number of aryl methyl sites for hydroxylation is 1. The van der Waals surface area contributed by atoms with Gasteiger partial charge in [0.25, 0.3) is 5.91 Å². The normalized spacial score (nSPS) is 14.1. The second-order valence-corrected chi connectivity index (χ2v) is 5.18. The summed E-state index contributed by atoms with van der Waals surface area (Å²) in [6.07, 6.45) is 2.73. The summed E-state index contributed by atoms with van der Waals surface area (Å²) in [5.41, 5.74) is 1.57. The van der Waals surface area contributed by atoms with Crippen LogP contribution in [0.5, 0.6) is 0 Å². The molecule has 1 aromatic carbocycles. The van der Waals surface area contributed by atoms with Crippen molar-refractivity contribution in [3.05, 3.63) is 40.1 Å². The van der Waals surface area contributed by atoms with Crippen molar-refractivity contribution in [3.8, 4) is 0 Å². The number of imidazole rings is 1. The molecule has 2 heterocycles. The molecule has 0 bridgehead atoms. The monoisotopic (exact) mass is 295 g/mol. The molecule has 0 atom stereocenters. The van der Waals surface area contributed by atoms with Gasteiger partial charge in [-0.1, -0.05) is 30.1 Å². The van der Waals surface area contributed by atoms with E-state index in [9.17, 15) is 4.79 Å². The molecule has 0 fully saturated rings. The summed E-state index contributed by atoms with van der Waals surface area (Å²) in [6.45, 7) is 2.32. The van der Waals surface area contributed by atoms with Crippen molar-refractivity contribution < 1.29 is 4.79 Å². The predicted molar refractivity (Wildman–Crippen MR) is 75.2 cm³/mol. The summed E-state index contributed by atoms with van der Waals surface area (Å²) in [4.78, 5) is 18.1. The van der Waals surface area contributed by atoms with Gasteiger partial charge < -0.3 is 4.57 Å². The SMILES string of the molecule is CCc1cn2c(n1)N(c1ccc(Cl)cc1Cl)C(=O)C2. The number of carbonyl (C=O) groups is 1. The van der Waals surface area contributed by atoms with Crippen molar-refractivity contribution in [2.45, 2.75) is 19.9 Å². The van der Waals surface area contributed by atoms with Gasteiger partial charge in [0, 0.05) is 11.2 Å². The van der Waals surface area contributed by atoms with Gasteiger partial charge in [0.2, 0.25) is 5.95 Å². The molecular weight excluding hydrogens is 285 g/mol. The fraction of sp³-hybridized carbons (Fsp3) is 0.231. The molecule has 0 spiro atoms. The first kappa shape index (κ1) is 12.5. The standard InChI is InChI=1S/C13H11Cl2N3O/c1-2-9-6-17-7-12(19)18(13(17)16-9)11-4-3-8(14)5-10(11)15/h3-6H,2,7H2,1H3. The number of nitrogens with zero attached hydrogens (tertiary/aromatic N) is 3. The van der Waals surface area contributed by atoms with Gasteiger partial charge in [-0.25, -0.2) is 9.88 Å². The van der Waals surface area contributed by atoms with Crippen LogP contribution in [0.2, 0.25) is 10.0 Å². The summed E-state index contributed by atoms with van der Waals surface area (Å²) in [5.74, 6) is 0.570. The van der Waals surface area contributed by atoms with Crippen molar-refractivity contribution in [2.75, 3.05) is 4.90 Å². The van der Waals surface area contributed by atoms with E-state index in [2.05, 4.69) is 4.98 Å². The summed E-state index contributed by atoms with van der Waals surface area (Å²) < 4.78 is 1.84. The third-order valence-electron chi connectivity index (χ3n) is 3.07. The number of halogens is 2. The minimum Gasteiger partial charge on any atom is -0.307 e. The van der Waals surface area contributed by atoms with E-state index in [1.165, 1.54) is 4.90 Å². The van der Waals surface area contributed by atoms with Crippen molar-refractivity contribution in [3.63, 3.8) is 0 Å². The molecule has 0 radical (unpaired) electrons. The van der Waals surface area contributed by atoms with Gasteiger partial charge in [-0.05, 0) is 24.6 Å². The Hall–Kier alpha value is -1.52. The smallest absolute Gasteiger partial charge is 0.253 e. The Morgan fingerprint density at radius 3 is 2.84 bits per heavy atom. The molecule has 6 heteroatoms. The van der Waals surface area contributed by atoms with E-state index in [0.717, 1.165) is 12.1 Å². The molecule has 1 aliphatic rings. The third-order valence-corrected chi connectivity index (χ3v) is 3.61. The number of aromatic nitrogens is 2. The number of fused-ring (bicyclic) bond motifs is 1. The van der Waals surface area contributed by atoms with Crippen LogP contribution in [-0.2, 0) is 17.8 Å². The lowest BCUT2D eigenvalue weighted by molar-refractivity contribution is -0.117. The second-order valence-electron chi connectivity index (χ2n) is 4.34. The van der Waals surface area contributed by atoms with Crippen LogP contribution < -0.4 is 4.90 Å². The molecule has 1 aliphatic heterocycles. The number of benzene rings is 1. The zero-order valence-electron chi connectivity index (χ0n) is 10.2. The Morgan fingerprint density at radius 2 is 2.16 bits per heavy atom. The maximum Gasteiger partial charge on any atom is 0.253 e. The Kier molecular flexibility index (Phi) is 2.99. The molecule has 0 N–H and O–H groups in total. The van der Waals surface area contributed by atoms with Gasteiger partial charge in [-0.15, -0.1) is 0 Å². The van der Waals surface area contributed by atoms with Crippen molar-refractivity contribution in [1.29, 1.82) is 0 Å². The van der Waals surface area contributed by atoms with Crippen molar-refractivity contribution >= 4 is 40.7 Å². The molecule has 0 unspecified atom stereocenters. The number of rotatable bonds is 2. The van der Waals surface area contributed by atoms with E-state index in [-0.39, 0.29) is 5.91 Å². The molecule has 0 aliphatic carbocycles. The number of anilines is 2. The Morgan fingerprint density at radius 1 is 1.37 bits per heavy atom. The van der Waals surface area contributed by atoms with E-state index >= 15 is 0 Å². The van der Waals surface area contributed by atoms with Crippen LogP contribution in [0.1, 0.15) is 12.6 Å². The summed E-state index contributed by atoms with van der Waals surface area (Å²) in [7, 11) is 0. The lowest BCUT2D eigenvalue weighted by Gasteiger charge is -2.16. The molecule has 0 saturated carbocycles. The maximum atomic E-state index is 12.1. The minimum absolute atomic E-state index is 0.0469. The van der Waals surface area contributed by atoms with E-state index in [4.69, 9.17) is 23.2 Å². The highest BCUT2D eigenvalue weighted by molar-refractivity contribution is 6.37. The van der Waals surface area contributed by atoms with E-state index in [1.54, 1.807) is 18.2 Å². The fourth-order valence-electron chi connectivity index (χ4n) is 2.16. The second kappa shape index (κ2) is 4.54. The zero-order chi connectivity index (χ0) is 13.6. The molecular formula is C13H11Cl2N3O. The van der Waals surface area contributed by atoms with Crippen molar-refractivity contribution in [2.24, 2.45) is 0 Å². The van der Waals surface area contributed by atoms with Gasteiger partial charge in [0.1, 0.15) is 6.54 Å². The highest BCUT2D eigenvalue weighted by atomic mass is 35.5. The Balaban J connectivity index is 2.10. The van der Waals surface area contributed by atoms with Gasteiger partial charge in [0.05, 0.1) is 16.4 Å². The van der Waals surface area contributed by atoms with Gasteiger partial charge in [-0.2, -0.15) is 0 Å². The van der Waals surface area contributed by atoms with Crippen LogP contribution in [0.3, 0.4) is 0 Å². The lowest BCUT2D eigenvalue weighted by Crippen LogP contribution is -2.22. The molecule has 0 saturated heterocycles. The summed E-state index contributed by atoms with van der Waals surface area (Å²) in [5, 5.41) is 0.980. The highest BCUT2D eigenvalue weighted by Crippen LogP contribution is 2.36. The molecule has 3 rings (SSSR count). The number of hydrogen-bond donors (Lipinski definition) is 0. The topological polar surface area (TPSA) is 38.1 Å². The average molecular weight is 296 g/mol. The number of amides is 1. The molecule has 2 aromatic rings. The largest absolute Gasteiger partial charge is 0.307 e. The summed E-state index contributed by atoms with van der Waals surface area (Å²) >= 11 is 12.0. The quantitative estimate of drug-likeness (QED) is 0.851. The van der Waals surface area contributed by atoms with E-state index in [0.29, 0.717) is 28.2 Å². The van der Waals surface area contributed by atoms with E-state index in [1.807, 2.05) is 17.7 Å². The first-order chi connectivity index (χ1) is 9.10. The third kappa shape index (κ3) is 2.01. The molecule has 4 nitrogen and oxygen atoms in total. The van der Waals surface area contributed by atoms with Crippen LogP contribution in [-0.4, -0.2) is 15.5 Å². The van der Waals surface area contributed by atoms with E-state index < -0.39 is 0 Å². The predicted octanol–water partition coefficient (Wildman–Crippen LogP) is 3.43. The first-order valence-electron chi connectivity index (χ1n) is 5.94. The maximum absolute atomic E-state index is 12.1. The first-order valence-corrected chi connectivity index (χ1v) is 6.70. The van der Waals surface area contributed by atoms with Crippen LogP contribution in [0.25, 0.3) is 0 Å². The summed E-state index contributed by atoms with van der Waals surface area (Å²) in [6, 6.07) is 5.07. The number of hydrogen-bond acceptors (Lipinski definition) is 2. The fourth-order valence-corrected chi connectivity index (χ4v) is 2.65. The van der Waals surface area contributed by atoms with Crippen LogP contribution >= 0.6 is 23.2 Å². The highest BCUT2D eigenvalue weighted by Gasteiger charge is 2.31. The molecule has 19 heavy (non-hydrogen) atoms. The van der Waals surface area contributed by atoms with Gasteiger partial charge >= 0.3 is 0 Å².